The van der Waals surface area contributed by atoms with Crippen LogP contribution in [-0.4, -0.2) is 49.7 Å². The molecule has 5 heteroatoms. The van der Waals surface area contributed by atoms with E-state index in [4.69, 9.17) is 14.2 Å². The van der Waals surface area contributed by atoms with Gasteiger partial charge < -0.3 is 19.3 Å². The Kier molecular flexibility index (Phi) is 12.8. The molecule has 0 aromatic rings. The van der Waals surface area contributed by atoms with Gasteiger partial charge in [0.25, 0.3) is 0 Å². The average molecular weight is 439 g/mol. The fourth-order valence-electron chi connectivity index (χ4n) is 5.07. The molecule has 31 heavy (non-hydrogen) atoms. The van der Waals surface area contributed by atoms with Crippen molar-refractivity contribution in [2.45, 2.75) is 103 Å². The number of rotatable bonds is 14. The maximum atomic E-state index is 11.6. The zero-order chi connectivity index (χ0) is 22.5. The second-order valence-electron chi connectivity index (χ2n) is 9.74. The van der Waals surface area contributed by atoms with Crippen LogP contribution in [0.4, 0.5) is 0 Å². The highest BCUT2D eigenvalue weighted by atomic mass is 16.5. The summed E-state index contributed by atoms with van der Waals surface area (Å²) in [6.07, 6.45) is 15.3. The monoisotopic (exact) mass is 438 g/mol. The van der Waals surface area contributed by atoms with Crippen LogP contribution in [0.5, 0.6) is 0 Å². The molecule has 0 bridgehead atoms. The zero-order valence-electron chi connectivity index (χ0n) is 20.0. The van der Waals surface area contributed by atoms with Crippen molar-refractivity contribution in [3.8, 4) is 0 Å². The highest BCUT2D eigenvalue weighted by molar-refractivity contribution is 5.86. The fraction of sp³-hybridized carbons (Fsp3) is 0.885. The summed E-state index contributed by atoms with van der Waals surface area (Å²) in [6.45, 7) is 9.20. The molecule has 1 N–H and O–H groups in total. The van der Waals surface area contributed by atoms with Crippen LogP contribution in [0.25, 0.3) is 0 Å². The summed E-state index contributed by atoms with van der Waals surface area (Å²) in [5.41, 5.74) is 0.399. The summed E-state index contributed by atoms with van der Waals surface area (Å²) in [6, 6.07) is 0. The van der Waals surface area contributed by atoms with Crippen molar-refractivity contribution >= 4 is 5.97 Å². The standard InChI is InChI=1S/C26H46O5/c1-4-5-6-7-21-8-12-24(13-9-21)29-16-17-30-25-14-10-22(11-15-25)23(18-27)19-31-26(28)20(2)3/h21-25,27H,2,4-19H2,1,3H3. The van der Waals surface area contributed by atoms with Gasteiger partial charge in [0.2, 0.25) is 0 Å². The molecule has 180 valence electrons. The molecule has 5 nitrogen and oxygen atoms in total. The minimum Gasteiger partial charge on any atom is -0.462 e. The van der Waals surface area contributed by atoms with E-state index in [1.54, 1.807) is 6.92 Å². The minimum atomic E-state index is -0.375. The molecule has 1 atom stereocenters. The Bertz CT molecular complexity index is 504. The van der Waals surface area contributed by atoms with Gasteiger partial charge in [-0.05, 0) is 70.1 Å². The third-order valence-electron chi connectivity index (χ3n) is 7.20. The normalized spacial score (nSPS) is 27.6. The van der Waals surface area contributed by atoms with E-state index in [0.29, 0.717) is 30.8 Å². The molecular weight excluding hydrogens is 392 g/mol. The lowest BCUT2D eigenvalue weighted by Gasteiger charge is -2.33. The van der Waals surface area contributed by atoms with Crippen LogP contribution in [0.3, 0.4) is 0 Å². The van der Waals surface area contributed by atoms with Crippen molar-refractivity contribution in [3.63, 3.8) is 0 Å². The van der Waals surface area contributed by atoms with Gasteiger partial charge >= 0.3 is 5.97 Å². The lowest BCUT2D eigenvalue weighted by molar-refractivity contribution is -0.141. The predicted octanol–water partition coefficient (Wildman–Crippen LogP) is 5.45. The highest BCUT2D eigenvalue weighted by Gasteiger charge is 2.29. The van der Waals surface area contributed by atoms with Crippen LogP contribution >= 0.6 is 0 Å². The Hall–Kier alpha value is -0.910. The Morgan fingerprint density at radius 1 is 0.968 bits per heavy atom. The molecular formula is C26H46O5. The molecule has 1 unspecified atom stereocenters. The van der Waals surface area contributed by atoms with Crippen LogP contribution in [0.15, 0.2) is 12.2 Å². The number of unbranched alkanes of at least 4 members (excludes halogenated alkanes) is 2. The molecule has 0 aromatic carbocycles. The van der Waals surface area contributed by atoms with Crippen LogP contribution in [-0.2, 0) is 19.0 Å². The van der Waals surface area contributed by atoms with Gasteiger partial charge in [-0.25, -0.2) is 4.79 Å². The Labute approximate surface area is 189 Å². The van der Waals surface area contributed by atoms with E-state index in [9.17, 15) is 9.90 Å². The number of aliphatic hydroxyl groups is 1. The van der Waals surface area contributed by atoms with E-state index in [2.05, 4.69) is 13.5 Å². The van der Waals surface area contributed by atoms with Gasteiger partial charge in [-0.3, -0.25) is 0 Å². The second-order valence-corrected chi connectivity index (χ2v) is 9.74. The van der Waals surface area contributed by atoms with Crippen molar-refractivity contribution in [1.29, 1.82) is 0 Å². The van der Waals surface area contributed by atoms with Gasteiger partial charge in [0.15, 0.2) is 0 Å². The van der Waals surface area contributed by atoms with Gasteiger partial charge in [0.1, 0.15) is 0 Å². The summed E-state index contributed by atoms with van der Waals surface area (Å²) in [5, 5.41) is 9.70. The highest BCUT2D eigenvalue weighted by Crippen LogP contribution is 2.32. The first-order chi connectivity index (χ1) is 15.0. The number of ether oxygens (including phenoxy) is 3. The van der Waals surface area contributed by atoms with Crippen molar-refractivity contribution < 1.29 is 24.1 Å². The van der Waals surface area contributed by atoms with Gasteiger partial charge in [0.05, 0.1) is 32.0 Å². The summed E-state index contributed by atoms with van der Waals surface area (Å²) >= 11 is 0. The number of carbonyl (C=O) groups excluding carboxylic acids is 1. The first-order valence-electron chi connectivity index (χ1n) is 12.7. The number of aliphatic hydroxyl groups excluding tert-OH is 1. The van der Waals surface area contributed by atoms with Crippen molar-refractivity contribution in [2.24, 2.45) is 17.8 Å². The Balaban J connectivity index is 1.52. The largest absolute Gasteiger partial charge is 0.462 e. The molecule has 0 aliphatic heterocycles. The first-order valence-corrected chi connectivity index (χ1v) is 12.7. The first kappa shape index (κ1) is 26.3. The lowest BCUT2D eigenvalue weighted by atomic mass is 9.79. The van der Waals surface area contributed by atoms with Gasteiger partial charge in [-0.2, -0.15) is 0 Å². The molecule has 0 aromatic heterocycles. The van der Waals surface area contributed by atoms with Gasteiger partial charge in [0, 0.05) is 18.1 Å². The quantitative estimate of drug-likeness (QED) is 0.222. The topological polar surface area (TPSA) is 65.0 Å². The SMILES string of the molecule is C=C(C)C(=O)OCC(CO)C1CCC(OCCOC2CCC(CCCCC)CC2)CC1. The lowest BCUT2D eigenvalue weighted by Crippen LogP contribution is -2.31. The van der Waals surface area contributed by atoms with Crippen LogP contribution < -0.4 is 0 Å². The molecule has 2 saturated carbocycles. The van der Waals surface area contributed by atoms with Gasteiger partial charge in [-0.15, -0.1) is 0 Å². The summed E-state index contributed by atoms with van der Waals surface area (Å²) in [4.78, 5) is 11.6. The number of esters is 1. The van der Waals surface area contributed by atoms with E-state index in [0.717, 1.165) is 31.6 Å². The average Bonchev–Trinajstić information content (AvgIpc) is 2.79. The minimum absolute atomic E-state index is 0.00434. The van der Waals surface area contributed by atoms with Crippen molar-refractivity contribution in [1.82, 2.24) is 0 Å². The summed E-state index contributed by atoms with van der Waals surface area (Å²) in [7, 11) is 0. The molecule has 0 amide bonds. The van der Waals surface area contributed by atoms with Crippen molar-refractivity contribution in [2.75, 3.05) is 26.4 Å². The summed E-state index contributed by atoms with van der Waals surface area (Å²) in [5.74, 6) is 0.932. The van der Waals surface area contributed by atoms with E-state index in [1.165, 1.54) is 51.4 Å². The Morgan fingerprint density at radius 3 is 2.06 bits per heavy atom. The maximum absolute atomic E-state index is 11.6. The molecule has 2 rings (SSSR count). The van der Waals surface area contributed by atoms with Gasteiger partial charge in [-0.1, -0.05) is 39.2 Å². The van der Waals surface area contributed by atoms with Crippen LogP contribution in [0.2, 0.25) is 0 Å². The second kappa shape index (κ2) is 15.0. The van der Waals surface area contributed by atoms with Crippen LogP contribution in [0, 0.1) is 17.8 Å². The number of carbonyl (C=O) groups is 1. The molecule has 2 aliphatic rings. The molecule has 0 radical (unpaired) electrons. The van der Waals surface area contributed by atoms with E-state index in [1.807, 2.05) is 0 Å². The third kappa shape index (κ3) is 10.0. The van der Waals surface area contributed by atoms with E-state index in [-0.39, 0.29) is 31.2 Å². The molecule has 0 saturated heterocycles. The summed E-state index contributed by atoms with van der Waals surface area (Å²) < 4.78 is 17.4. The molecule has 0 heterocycles. The molecule has 0 spiro atoms. The third-order valence-corrected chi connectivity index (χ3v) is 7.20. The van der Waals surface area contributed by atoms with Crippen molar-refractivity contribution in [3.05, 3.63) is 12.2 Å². The Morgan fingerprint density at radius 2 is 1.55 bits per heavy atom. The predicted molar refractivity (Wildman–Crippen MR) is 124 cm³/mol. The van der Waals surface area contributed by atoms with E-state index >= 15 is 0 Å². The number of hydrogen-bond donors (Lipinski definition) is 1. The fourth-order valence-corrected chi connectivity index (χ4v) is 5.07. The van der Waals surface area contributed by atoms with Crippen LogP contribution in [0.1, 0.15) is 90.9 Å². The maximum Gasteiger partial charge on any atom is 0.333 e. The zero-order valence-corrected chi connectivity index (χ0v) is 20.0. The molecule has 2 fully saturated rings. The smallest absolute Gasteiger partial charge is 0.333 e. The molecule has 2 aliphatic carbocycles. The number of hydrogen-bond acceptors (Lipinski definition) is 5. The van der Waals surface area contributed by atoms with E-state index < -0.39 is 0 Å².